The van der Waals surface area contributed by atoms with Gasteiger partial charge < -0.3 is 14.9 Å². The van der Waals surface area contributed by atoms with Gasteiger partial charge >= 0.3 is 30.2 Å². The topological polar surface area (TPSA) is 0 Å². The summed E-state index contributed by atoms with van der Waals surface area (Å²) in [5.41, 5.74) is 3.58. The summed E-state index contributed by atoms with van der Waals surface area (Å²) in [6.45, 7) is 16.4. The van der Waals surface area contributed by atoms with Crippen LogP contribution in [0.5, 0.6) is 0 Å². The second kappa shape index (κ2) is 12.5. The van der Waals surface area contributed by atoms with Gasteiger partial charge in [0.2, 0.25) is 0 Å². The van der Waals surface area contributed by atoms with Gasteiger partial charge in [-0.3, -0.25) is 12.2 Å². The molecular weight excluding hydrogens is 360 g/mol. The van der Waals surface area contributed by atoms with Crippen LogP contribution in [0.3, 0.4) is 0 Å². The van der Waals surface area contributed by atoms with Gasteiger partial charge in [0.1, 0.15) is 0 Å². The summed E-state index contributed by atoms with van der Waals surface area (Å²) in [5.74, 6) is 0. The van der Waals surface area contributed by atoms with Crippen LogP contribution in [0.15, 0.2) is 35.5 Å². The molecule has 2 aliphatic carbocycles. The molecule has 0 bridgehead atoms. The second-order valence-corrected chi connectivity index (χ2v) is 6.95. The van der Waals surface area contributed by atoms with Crippen molar-refractivity contribution in [1.29, 1.82) is 0 Å². The van der Waals surface area contributed by atoms with Crippen LogP contribution >= 0.6 is 0 Å². The second-order valence-electron chi connectivity index (χ2n) is 6.95. The first-order valence-corrected chi connectivity index (χ1v) is 11.2. The summed E-state index contributed by atoms with van der Waals surface area (Å²) in [5, 5.41) is 0. The Kier molecular flexibility index (Phi) is 15.3. The van der Waals surface area contributed by atoms with E-state index in [1.807, 2.05) is 6.08 Å². The Hall–Kier alpha value is 0.0600. The Bertz CT molecular complexity index is 412. The normalized spacial score (nSPS) is 15.1. The van der Waals surface area contributed by atoms with Crippen LogP contribution in [-0.2, 0) is 23.3 Å². The molecule has 22 heavy (non-hydrogen) atoms. The molecule has 0 unspecified atom stereocenters. The summed E-state index contributed by atoms with van der Waals surface area (Å²) >= 11 is 1.36. The van der Waals surface area contributed by atoms with Crippen LogP contribution in [-0.4, -0.2) is 6.88 Å². The number of allylic oxidation sites excluding steroid dienone is 8. The van der Waals surface area contributed by atoms with Crippen LogP contribution in [0.2, 0.25) is 0 Å². The van der Waals surface area contributed by atoms with E-state index in [0.29, 0.717) is 10.8 Å². The molecule has 0 aromatic heterocycles. The third-order valence-electron chi connectivity index (χ3n) is 3.22. The Morgan fingerprint density at radius 2 is 1.50 bits per heavy atom. The van der Waals surface area contributed by atoms with E-state index in [1.165, 1.54) is 34.5 Å². The van der Waals surface area contributed by atoms with Crippen molar-refractivity contribution in [2.45, 2.75) is 54.4 Å². The predicted octanol–water partition coefficient (Wildman–Crippen LogP) is 5.96. The molecule has 2 rings (SSSR count). The average molecular weight is 392 g/mol. The van der Waals surface area contributed by atoms with Crippen molar-refractivity contribution in [3.05, 3.63) is 62.5 Å². The van der Waals surface area contributed by atoms with Crippen molar-refractivity contribution in [2.24, 2.45) is 10.8 Å². The molecule has 2 radical (unpaired) electrons. The van der Waals surface area contributed by atoms with E-state index in [2.05, 4.69) is 78.8 Å². The minimum absolute atomic E-state index is 0. The molecule has 2 aliphatic rings. The molecule has 0 atom stereocenters. The summed E-state index contributed by atoms with van der Waals surface area (Å²) in [6.07, 6.45) is 16.9. The molecule has 0 heterocycles. The molecule has 0 aromatic carbocycles. The number of rotatable bonds is 0. The molecule has 2 heteroatoms. The Morgan fingerprint density at radius 1 is 0.955 bits per heavy atom. The van der Waals surface area contributed by atoms with Gasteiger partial charge in [-0.1, -0.05) is 47.0 Å². The SMILES string of the molecule is CC(C)(C)C1=CC=[C-]C1.CC(C)(C)C1=CC[C-]=C1.[CH3-].[CH3-].[Si]=[Zr]. The summed E-state index contributed by atoms with van der Waals surface area (Å²) < 4.78 is 0. The molecule has 0 N–H and O–H groups in total. The van der Waals surface area contributed by atoms with Crippen LogP contribution in [0.1, 0.15) is 54.4 Å². The monoisotopic (exact) mass is 390 g/mol. The maximum atomic E-state index is 3.16. The van der Waals surface area contributed by atoms with Crippen molar-refractivity contribution in [1.82, 2.24) is 0 Å². The van der Waals surface area contributed by atoms with Crippen molar-refractivity contribution in [3.8, 4) is 0 Å². The molecule has 0 aliphatic heterocycles. The third-order valence-corrected chi connectivity index (χ3v) is 3.22. The van der Waals surface area contributed by atoms with E-state index < -0.39 is 0 Å². The van der Waals surface area contributed by atoms with Crippen LogP contribution in [0.4, 0.5) is 0 Å². The average Bonchev–Trinajstić information content (AvgIpc) is 3.04. The molecular formula is C20H32SiZr-4. The number of hydrogen-bond donors (Lipinski definition) is 0. The van der Waals surface area contributed by atoms with Gasteiger partial charge in [-0.25, -0.2) is 18.2 Å². The number of hydrogen-bond acceptors (Lipinski definition) is 0. The van der Waals surface area contributed by atoms with Crippen molar-refractivity contribution in [2.75, 3.05) is 0 Å². The van der Waals surface area contributed by atoms with Crippen LogP contribution < -0.4 is 0 Å². The molecule has 0 fully saturated rings. The molecule has 0 saturated carbocycles. The fraction of sp³-hybridized carbons (Fsp3) is 0.500. The van der Waals surface area contributed by atoms with Crippen molar-refractivity contribution < 1.29 is 23.3 Å². The molecule has 0 aromatic rings. The first-order chi connectivity index (χ1) is 9.21. The fourth-order valence-corrected chi connectivity index (χ4v) is 1.82. The first-order valence-electron chi connectivity index (χ1n) is 7.00. The van der Waals surface area contributed by atoms with Gasteiger partial charge in [-0.05, 0) is 5.41 Å². The molecule has 0 spiro atoms. The summed E-state index contributed by atoms with van der Waals surface area (Å²) in [6, 6.07) is 0. The maximum absolute atomic E-state index is 3.16. The van der Waals surface area contributed by atoms with E-state index >= 15 is 0 Å². The van der Waals surface area contributed by atoms with Gasteiger partial charge in [0, 0.05) is 0 Å². The zero-order valence-corrected chi connectivity index (χ0v) is 19.2. The summed E-state index contributed by atoms with van der Waals surface area (Å²) in [4.78, 5) is 0. The van der Waals surface area contributed by atoms with Gasteiger partial charge in [0.15, 0.2) is 0 Å². The fourth-order valence-electron chi connectivity index (χ4n) is 1.82. The molecule has 0 saturated heterocycles. The van der Waals surface area contributed by atoms with E-state index in [9.17, 15) is 0 Å². The molecule has 0 amide bonds. The first kappa shape index (κ1) is 26.9. The third kappa shape index (κ3) is 10.7. The summed E-state index contributed by atoms with van der Waals surface area (Å²) in [7, 11) is 0. The molecule has 124 valence electrons. The Balaban J connectivity index is -0.000000273. The van der Waals surface area contributed by atoms with E-state index in [1.54, 1.807) is 0 Å². The van der Waals surface area contributed by atoms with Crippen LogP contribution in [0, 0.1) is 37.8 Å². The van der Waals surface area contributed by atoms with E-state index in [-0.39, 0.29) is 14.9 Å². The predicted molar refractivity (Wildman–Crippen MR) is 98.5 cm³/mol. The van der Waals surface area contributed by atoms with Gasteiger partial charge in [0.25, 0.3) is 0 Å². The Morgan fingerprint density at radius 3 is 1.68 bits per heavy atom. The van der Waals surface area contributed by atoms with E-state index in [0.717, 1.165) is 12.8 Å². The van der Waals surface area contributed by atoms with E-state index in [4.69, 9.17) is 0 Å². The van der Waals surface area contributed by atoms with Gasteiger partial charge in [-0.2, -0.15) is 17.2 Å². The zero-order valence-electron chi connectivity index (χ0n) is 15.7. The van der Waals surface area contributed by atoms with Crippen molar-refractivity contribution in [3.63, 3.8) is 0 Å². The van der Waals surface area contributed by atoms with Gasteiger partial charge in [0.05, 0.1) is 0 Å². The van der Waals surface area contributed by atoms with Gasteiger partial charge in [-0.15, -0.1) is 12.8 Å². The minimum atomic E-state index is 0. The zero-order chi connectivity index (χ0) is 15.8. The van der Waals surface area contributed by atoms with Crippen LogP contribution in [0.25, 0.3) is 0 Å². The molecule has 0 nitrogen and oxygen atoms in total. The van der Waals surface area contributed by atoms with Crippen molar-refractivity contribution >= 4 is 6.88 Å². The Labute approximate surface area is 157 Å². The standard InChI is InChI=1S/2C9H13.2CH3.Si.Zr/c2*1-9(2,3)8-6-4-5-7-8;;;;/h6-7H,4H2,1-3H3;4,6H,7H2,1-3H3;2*1H3;;/q4*-1;;. The quantitative estimate of drug-likeness (QED) is 0.353.